The quantitative estimate of drug-likeness (QED) is 0.848. The number of carbonyl (C=O) groups excluding carboxylic acids is 1. The number of benzene rings is 1. The second-order valence-corrected chi connectivity index (χ2v) is 6.35. The van der Waals surface area contributed by atoms with E-state index in [4.69, 9.17) is 5.11 Å². The van der Waals surface area contributed by atoms with Crippen LogP contribution in [0.1, 0.15) is 35.2 Å². The zero-order valence-electron chi connectivity index (χ0n) is 12.2. The number of hydrogen-bond acceptors (Lipinski definition) is 3. The van der Waals surface area contributed by atoms with Crippen LogP contribution in [0.2, 0.25) is 0 Å². The molecule has 1 aliphatic rings. The third-order valence-corrected chi connectivity index (χ3v) is 4.62. The summed E-state index contributed by atoms with van der Waals surface area (Å²) in [5, 5.41) is 12.0. The highest BCUT2D eigenvalue weighted by atomic mass is 32.2. The molecule has 2 atom stereocenters. The molecule has 1 aromatic carbocycles. The van der Waals surface area contributed by atoms with Gasteiger partial charge in [-0.3, -0.25) is 9.59 Å². The number of thioether (sulfide) groups is 1. The van der Waals surface area contributed by atoms with Crippen molar-refractivity contribution in [3.05, 3.63) is 35.4 Å². The third-order valence-electron chi connectivity index (χ3n) is 4.00. The fraction of sp³-hybridized carbons (Fsp3) is 0.500. The molecule has 2 rings (SSSR count). The number of carbonyl (C=O) groups is 2. The van der Waals surface area contributed by atoms with Gasteiger partial charge in [-0.25, -0.2) is 0 Å². The van der Waals surface area contributed by atoms with Crippen LogP contribution >= 0.6 is 11.8 Å². The van der Waals surface area contributed by atoms with Gasteiger partial charge < -0.3 is 10.4 Å². The molecule has 114 valence electrons. The summed E-state index contributed by atoms with van der Waals surface area (Å²) >= 11 is 1.72. The van der Waals surface area contributed by atoms with Crippen LogP contribution in [-0.4, -0.2) is 29.8 Å². The Hall–Kier alpha value is -1.49. The molecule has 0 radical (unpaired) electrons. The summed E-state index contributed by atoms with van der Waals surface area (Å²) in [6, 6.07) is 7.58. The van der Waals surface area contributed by atoms with Gasteiger partial charge in [0.25, 0.3) is 5.91 Å². The number of amides is 1. The SMILES string of the molecule is CSCc1cccc(C(=O)NCC2CCCC2C(=O)O)c1. The molecule has 1 aromatic rings. The summed E-state index contributed by atoms with van der Waals surface area (Å²) in [6.45, 7) is 0.447. The van der Waals surface area contributed by atoms with E-state index < -0.39 is 5.97 Å². The summed E-state index contributed by atoms with van der Waals surface area (Å²) in [5.41, 5.74) is 1.77. The van der Waals surface area contributed by atoms with E-state index in [1.54, 1.807) is 17.8 Å². The van der Waals surface area contributed by atoms with E-state index in [-0.39, 0.29) is 17.7 Å². The van der Waals surface area contributed by atoms with Crippen LogP contribution in [0.5, 0.6) is 0 Å². The molecule has 2 unspecified atom stereocenters. The third kappa shape index (κ3) is 4.24. The average molecular weight is 307 g/mol. The van der Waals surface area contributed by atoms with Gasteiger partial charge in [0, 0.05) is 17.9 Å². The molecule has 0 heterocycles. The van der Waals surface area contributed by atoms with Crippen LogP contribution in [0, 0.1) is 11.8 Å². The Morgan fingerprint density at radius 2 is 2.19 bits per heavy atom. The second-order valence-electron chi connectivity index (χ2n) is 5.48. The van der Waals surface area contributed by atoms with Crippen molar-refractivity contribution in [1.29, 1.82) is 0 Å². The van der Waals surface area contributed by atoms with Gasteiger partial charge in [0.2, 0.25) is 0 Å². The first kappa shape index (κ1) is 15.9. The Balaban J connectivity index is 1.92. The monoisotopic (exact) mass is 307 g/mol. The van der Waals surface area contributed by atoms with E-state index in [1.807, 2.05) is 24.5 Å². The maximum atomic E-state index is 12.2. The Bertz CT molecular complexity index is 518. The summed E-state index contributed by atoms with van der Waals surface area (Å²) in [6.07, 6.45) is 4.56. The number of aliphatic carboxylic acids is 1. The van der Waals surface area contributed by atoms with Crippen molar-refractivity contribution < 1.29 is 14.7 Å². The lowest BCUT2D eigenvalue weighted by molar-refractivity contribution is -0.142. The van der Waals surface area contributed by atoms with Gasteiger partial charge in [0.15, 0.2) is 0 Å². The maximum Gasteiger partial charge on any atom is 0.306 e. The van der Waals surface area contributed by atoms with Crippen LogP contribution in [0.15, 0.2) is 24.3 Å². The van der Waals surface area contributed by atoms with E-state index in [2.05, 4.69) is 5.32 Å². The van der Waals surface area contributed by atoms with E-state index >= 15 is 0 Å². The van der Waals surface area contributed by atoms with Crippen molar-refractivity contribution in [3.63, 3.8) is 0 Å². The van der Waals surface area contributed by atoms with Gasteiger partial charge in [-0.05, 0) is 42.7 Å². The number of rotatable bonds is 6. The van der Waals surface area contributed by atoms with Crippen LogP contribution in [0.3, 0.4) is 0 Å². The normalized spacial score (nSPS) is 21.2. The number of nitrogens with one attached hydrogen (secondary N) is 1. The molecule has 21 heavy (non-hydrogen) atoms. The molecule has 5 heteroatoms. The van der Waals surface area contributed by atoms with Crippen LogP contribution in [0.25, 0.3) is 0 Å². The molecular weight excluding hydrogens is 286 g/mol. The lowest BCUT2D eigenvalue weighted by Crippen LogP contribution is -2.33. The fourth-order valence-electron chi connectivity index (χ4n) is 2.90. The molecule has 1 fully saturated rings. The number of carboxylic acid groups (broad SMARTS) is 1. The first-order valence-electron chi connectivity index (χ1n) is 7.20. The molecule has 0 aromatic heterocycles. The molecule has 0 bridgehead atoms. The van der Waals surface area contributed by atoms with Crippen LogP contribution < -0.4 is 5.32 Å². The Kier molecular flexibility index (Phi) is 5.67. The fourth-order valence-corrected chi connectivity index (χ4v) is 3.41. The van der Waals surface area contributed by atoms with E-state index in [1.165, 1.54) is 0 Å². The summed E-state index contributed by atoms with van der Waals surface area (Å²) < 4.78 is 0. The molecule has 2 N–H and O–H groups in total. The maximum absolute atomic E-state index is 12.2. The molecule has 1 aliphatic carbocycles. The minimum absolute atomic E-state index is 0.0563. The van der Waals surface area contributed by atoms with Gasteiger partial charge in [-0.15, -0.1) is 0 Å². The Labute approximate surface area is 129 Å². The number of hydrogen-bond donors (Lipinski definition) is 2. The van der Waals surface area contributed by atoms with E-state index in [0.29, 0.717) is 12.1 Å². The molecule has 1 amide bonds. The Morgan fingerprint density at radius 1 is 1.38 bits per heavy atom. The lowest BCUT2D eigenvalue weighted by atomic mass is 9.96. The molecule has 0 saturated heterocycles. The smallest absolute Gasteiger partial charge is 0.306 e. The molecular formula is C16H21NO3S. The zero-order valence-corrected chi connectivity index (χ0v) is 13.0. The zero-order chi connectivity index (χ0) is 15.2. The van der Waals surface area contributed by atoms with Gasteiger partial charge in [-0.1, -0.05) is 18.6 Å². The summed E-state index contributed by atoms with van der Waals surface area (Å²) in [7, 11) is 0. The molecule has 1 saturated carbocycles. The molecule has 0 aliphatic heterocycles. The highest BCUT2D eigenvalue weighted by Gasteiger charge is 2.32. The first-order chi connectivity index (χ1) is 10.1. The minimum atomic E-state index is -0.742. The average Bonchev–Trinajstić information content (AvgIpc) is 2.94. The van der Waals surface area contributed by atoms with Crippen molar-refractivity contribution in [2.24, 2.45) is 11.8 Å². The van der Waals surface area contributed by atoms with Gasteiger partial charge >= 0.3 is 5.97 Å². The van der Waals surface area contributed by atoms with Gasteiger partial charge in [0.1, 0.15) is 0 Å². The predicted molar refractivity (Wildman–Crippen MR) is 84.5 cm³/mol. The van der Waals surface area contributed by atoms with Crippen LogP contribution in [-0.2, 0) is 10.5 Å². The predicted octanol–water partition coefficient (Wildman–Crippen LogP) is 2.78. The van der Waals surface area contributed by atoms with Gasteiger partial charge in [-0.2, -0.15) is 11.8 Å². The largest absolute Gasteiger partial charge is 0.481 e. The minimum Gasteiger partial charge on any atom is -0.481 e. The van der Waals surface area contributed by atoms with Crippen LogP contribution in [0.4, 0.5) is 0 Å². The van der Waals surface area contributed by atoms with Crippen molar-refractivity contribution in [1.82, 2.24) is 5.32 Å². The van der Waals surface area contributed by atoms with Crippen molar-refractivity contribution >= 4 is 23.6 Å². The van der Waals surface area contributed by atoms with Gasteiger partial charge in [0.05, 0.1) is 5.92 Å². The highest BCUT2D eigenvalue weighted by Crippen LogP contribution is 2.31. The number of carboxylic acids is 1. The second kappa shape index (κ2) is 7.50. The van der Waals surface area contributed by atoms with E-state index in [0.717, 1.165) is 30.6 Å². The van der Waals surface area contributed by atoms with Crippen molar-refractivity contribution in [3.8, 4) is 0 Å². The highest BCUT2D eigenvalue weighted by molar-refractivity contribution is 7.97. The van der Waals surface area contributed by atoms with Crippen molar-refractivity contribution in [2.45, 2.75) is 25.0 Å². The topological polar surface area (TPSA) is 66.4 Å². The van der Waals surface area contributed by atoms with E-state index in [9.17, 15) is 9.59 Å². The summed E-state index contributed by atoms with van der Waals surface area (Å²) in [4.78, 5) is 23.3. The Morgan fingerprint density at radius 3 is 2.90 bits per heavy atom. The lowest BCUT2D eigenvalue weighted by Gasteiger charge is -2.16. The first-order valence-corrected chi connectivity index (χ1v) is 8.60. The molecule has 4 nitrogen and oxygen atoms in total. The standard InChI is InChI=1S/C16H21NO3S/c1-21-10-11-4-2-5-12(8-11)15(18)17-9-13-6-3-7-14(13)16(19)20/h2,4-5,8,13-14H,3,6-7,9-10H2,1H3,(H,17,18)(H,19,20). The van der Waals surface area contributed by atoms with Crippen molar-refractivity contribution in [2.75, 3.05) is 12.8 Å². The summed E-state index contributed by atoms with van der Waals surface area (Å²) in [5.74, 6) is -0.234. The molecule has 0 spiro atoms.